The van der Waals surface area contributed by atoms with Crippen LogP contribution in [0.3, 0.4) is 0 Å². The molecule has 1 heterocycles. The lowest BCUT2D eigenvalue weighted by molar-refractivity contribution is 0.0735. The Morgan fingerprint density at radius 2 is 1.90 bits per heavy atom. The third kappa shape index (κ3) is 2.51. The number of carbonyl (C=O) groups is 1. The van der Waals surface area contributed by atoms with Crippen molar-refractivity contribution in [1.29, 1.82) is 0 Å². The Morgan fingerprint density at radius 3 is 2.67 bits per heavy atom. The highest BCUT2D eigenvalue weighted by Crippen LogP contribution is 2.33. The van der Waals surface area contributed by atoms with Crippen LogP contribution in [0.1, 0.15) is 40.4 Å². The summed E-state index contributed by atoms with van der Waals surface area (Å²) in [4.78, 5) is 14.9. The van der Waals surface area contributed by atoms with Crippen molar-refractivity contribution < 1.29 is 4.79 Å². The van der Waals surface area contributed by atoms with Crippen molar-refractivity contribution in [3.63, 3.8) is 0 Å². The molecule has 21 heavy (non-hydrogen) atoms. The molecule has 1 fully saturated rings. The standard InChI is InChI=1S/C18H20N2O/c1-13-15(9-5-10-16(13)19)18(21)20-12-6-11-17(20)14-7-3-2-4-8-14/h2-5,7-10,17H,6,11-12,19H2,1H3. The minimum atomic E-state index is 0.0890. The van der Waals surface area contributed by atoms with Gasteiger partial charge in [-0.15, -0.1) is 0 Å². The molecule has 1 unspecified atom stereocenters. The van der Waals surface area contributed by atoms with Gasteiger partial charge in [-0.3, -0.25) is 4.79 Å². The molecule has 0 aliphatic carbocycles. The van der Waals surface area contributed by atoms with E-state index in [9.17, 15) is 4.79 Å². The molecule has 0 bridgehead atoms. The van der Waals surface area contributed by atoms with Crippen LogP contribution >= 0.6 is 0 Å². The third-order valence-corrected chi connectivity index (χ3v) is 4.30. The van der Waals surface area contributed by atoms with E-state index >= 15 is 0 Å². The van der Waals surface area contributed by atoms with Gasteiger partial charge in [0.15, 0.2) is 0 Å². The van der Waals surface area contributed by atoms with Crippen LogP contribution in [0.2, 0.25) is 0 Å². The molecule has 0 saturated carbocycles. The summed E-state index contributed by atoms with van der Waals surface area (Å²) in [5, 5.41) is 0. The molecule has 3 heteroatoms. The molecule has 1 aliphatic rings. The molecule has 1 atom stereocenters. The summed E-state index contributed by atoms with van der Waals surface area (Å²) in [6.07, 6.45) is 2.07. The Hall–Kier alpha value is -2.29. The average molecular weight is 280 g/mol. The molecule has 1 saturated heterocycles. The Balaban J connectivity index is 1.92. The van der Waals surface area contributed by atoms with Gasteiger partial charge in [0, 0.05) is 17.8 Å². The van der Waals surface area contributed by atoms with Gasteiger partial charge in [-0.05, 0) is 43.0 Å². The SMILES string of the molecule is Cc1c(N)cccc1C(=O)N1CCCC1c1ccccc1. The Morgan fingerprint density at radius 1 is 1.14 bits per heavy atom. The van der Waals surface area contributed by atoms with Gasteiger partial charge in [0.05, 0.1) is 6.04 Å². The first-order chi connectivity index (χ1) is 10.2. The maximum Gasteiger partial charge on any atom is 0.254 e. The first-order valence-corrected chi connectivity index (χ1v) is 7.39. The fourth-order valence-electron chi connectivity index (χ4n) is 3.07. The number of hydrogen-bond acceptors (Lipinski definition) is 2. The van der Waals surface area contributed by atoms with E-state index in [-0.39, 0.29) is 11.9 Å². The van der Waals surface area contributed by atoms with Crippen LogP contribution in [0.4, 0.5) is 5.69 Å². The molecular weight excluding hydrogens is 260 g/mol. The topological polar surface area (TPSA) is 46.3 Å². The number of nitrogen functional groups attached to an aromatic ring is 1. The van der Waals surface area contributed by atoms with Gasteiger partial charge in [-0.1, -0.05) is 36.4 Å². The Bertz CT molecular complexity index is 652. The predicted molar refractivity (Wildman–Crippen MR) is 85.0 cm³/mol. The highest BCUT2D eigenvalue weighted by Gasteiger charge is 2.31. The molecule has 1 amide bonds. The predicted octanol–water partition coefficient (Wildman–Crippen LogP) is 3.55. The van der Waals surface area contributed by atoms with Crippen molar-refractivity contribution in [2.45, 2.75) is 25.8 Å². The lowest BCUT2D eigenvalue weighted by Crippen LogP contribution is -2.31. The van der Waals surface area contributed by atoms with E-state index in [1.54, 1.807) is 0 Å². The Labute approximate surface area is 125 Å². The number of benzene rings is 2. The van der Waals surface area contributed by atoms with Crippen molar-refractivity contribution in [2.75, 3.05) is 12.3 Å². The number of carbonyl (C=O) groups excluding carboxylic acids is 1. The van der Waals surface area contributed by atoms with E-state index in [1.165, 1.54) is 5.56 Å². The quantitative estimate of drug-likeness (QED) is 0.855. The normalized spacial score (nSPS) is 18.0. The number of amides is 1. The lowest BCUT2D eigenvalue weighted by Gasteiger charge is -2.26. The van der Waals surface area contributed by atoms with Gasteiger partial charge in [0.25, 0.3) is 5.91 Å². The van der Waals surface area contributed by atoms with Crippen molar-refractivity contribution in [1.82, 2.24) is 4.90 Å². The summed E-state index contributed by atoms with van der Waals surface area (Å²) in [5.74, 6) is 0.0890. The van der Waals surface area contributed by atoms with Crippen molar-refractivity contribution in [3.8, 4) is 0 Å². The maximum atomic E-state index is 12.9. The first-order valence-electron chi connectivity index (χ1n) is 7.39. The van der Waals surface area contributed by atoms with Crippen LogP contribution in [-0.4, -0.2) is 17.4 Å². The molecule has 0 radical (unpaired) electrons. The van der Waals surface area contributed by atoms with E-state index in [0.717, 1.165) is 30.5 Å². The highest BCUT2D eigenvalue weighted by atomic mass is 16.2. The number of nitrogens with zero attached hydrogens (tertiary/aromatic N) is 1. The average Bonchev–Trinajstić information content (AvgIpc) is 3.00. The summed E-state index contributed by atoms with van der Waals surface area (Å²) in [6.45, 7) is 2.72. The zero-order valence-electron chi connectivity index (χ0n) is 12.3. The van der Waals surface area contributed by atoms with Gasteiger partial charge in [-0.25, -0.2) is 0 Å². The van der Waals surface area contributed by atoms with Crippen molar-refractivity contribution in [3.05, 3.63) is 65.2 Å². The molecule has 2 aromatic carbocycles. The number of anilines is 1. The largest absolute Gasteiger partial charge is 0.398 e. The third-order valence-electron chi connectivity index (χ3n) is 4.30. The second kappa shape index (κ2) is 5.60. The smallest absolute Gasteiger partial charge is 0.254 e. The summed E-state index contributed by atoms with van der Waals surface area (Å²) in [7, 11) is 0. The number of likely N-dealkylation sites (tertiary alicyclic amines) is 1. The van der Waals surface area contributed by atoms with Crippen molar-refractivity contribution in [2.24, 2.45) is 0 Å². The van der Waals surface area contributed by atoms with E-state index in [2.05, 4.69) is 12.1 Å². The molecule has 3 rings (SSSR count). The van der Waals surface area contributed by atoms with Gasteiger partial charge in [0.2, 0.25) is 0 Å². The van der Waals surface area contributed by atoms with Crippen LogP contribution < -0.4 is 5.73 Å². The fraction of sp³-hybridized carbons (Fsp3) is 0.278. The minimum Gasteiger partial charge on any atom is -0.398 e. The second-order valence-electron chi connectivity index (χ2n) is 5.59. The molecule has 0 spiro atoms. The Kier molecular flexibility index (Phi) is 3.65. The monoisotopic (exact) mass is 280 g/mol. The van der Waals surface area contributed by atoms with Gasteiger partial charge < -0.3 is 10.6 Å². The van der Waals surface area contributed by atoms with Crippen LogP contribution in [-0.2, 0) is 0 Å². The van der Waals surface area contributed by atoms with E-state index in [1.807, 2.05) is 48.2 Å². The van der Waals surface area contributed by atoms with Gasteiger partial charge in [-0.2, -0.15) is 0 Å². The summed E-state index contributed by atoms with van der Waals surface area (Å²) in [6, 6.07) is 16.0. The van der Waals surface area contributed by atoms with Crippen LogP contribution in [0.15, 0.2) is 48.5 Å². The number of rotatable bonds is 2. The van der Waals surface area contributed by atoms with Gasteiger partial charge >= 0.3 is 0 Å². The van der Waals surface area contributed by atoms with E-state index in [0.29, 0.717) is 5.69 Å². The maximum absolute atomic E-state index is 12.9. The first kappa shape index (κ1) is 13.7. The summed E-state index contributed by atoms with van der Waals surface area (Å²) in [5.41, 5.74) is 9.42. The fourth-order valence-corrected chi connectivity index (χ4v) is 3.07. The molecule has 1 aliphatic heterocycles. The van der Waals surface area contributed by atoms with Gasteiger partial charge in [0.1, 0.15) is 0 Å². The van der Waals surface area contributed by atoms with Crippen molar-refractivity contribution >= 4 is 11.6 Å². The molecule has 3 nitrogen and oxygen atoms in total. The molecule has 2 aromatic rings. The molecular formula is C18H20N2O. The second-order valence-corrected chi connectivity index (χ2v) is 5.59. The minimum absolute atomic E-state index is 0.0890. The number of nitrogens with two attached hydrogens (primary N) is 1. The molecule has 2 N–H and O–H groups in total. The zero-order valence-corrected chi connectivity index (χ0v) is 12.3. The van der Waals surface area contributed by atoms with Crippen LogP contribution in [0, 0.1) is 6.92 Å². The molecule has 108 valence electrons. The van der Waals surface area contributed by atoms with Crippen LogP contribution in [0.25, 0.3) is 0 Å². The number of hydrogen-bond donors (Lipinski definition) is 1. The van der Waals surface area contributed by atoms with Crippen LogP contribution in [0.5, 0.6) is 0 Å². The summed E-state index contributed by atoms with van der Waals surface area (Å²) < 4.78 is 0. The zero-order chi connectivity index (χ0) is 14.8. The van der Waals surface area contributed by atoms with E-state index < -0.39 is 0 Å². The summed E-state index contributed by atoms with van der Waals surface area (Å²) >= 11 is 0. The van der Waals surface area contributed by atoms with E-state index in [4.69, 9.17) is 5.73 Å². The lowest BCUT2D eigenvalue weighted by atomic mass is 10.0. The molecule has 0 aromatic heterocycles. The highest BCUT2D eigenvalue weighted by molar-refractivity contribution is 5.97.